The summed E-state index contributed by atoms with van der Waals surface area (Å²) in [6, 6.07) is 4.56. The van der Waals surface area contributed by atoms with E-state index in [4.69, 9.17) is 4.74 Å². The highest BCUT2D eigenvalue weighted by molar-refractivity contribution is 5.78. The van der Waals surface area contributed by atoms with E-state index in [1.807, 2.05) is 6.92 Å². The van der Waals surface area contributed by atoms with Crippen molar-refractivity contribution < 1.29 is 13.9 Å². The van der Waals surface area contributed by atoms with E-state index in [0.29, 0.717) is 17.9 Å². The molecule has 5 heteroatoms. The van der Waals surface area contributed by atoms with Crippen LogP contribution in [0.25, 0.3) is 0 Å². The Morgan fingerprint density at radius 2 is 1.84 bits per heavy atom. The average molecular weight is 350 g/mol. The van der Waals surface area contributed by atoms with Gasteiger partial charge >= 0.3 is 0 Å². The second-order valence-electron chi connectivity index (χ2n) is 7.08. The largest absolute Gasteiger partial charge is 0.494 e. The predicted octanol–water partition coefficient (Wildman–Crippen LogP) is 3.25. The number of benzene rings is 1. The van der Waals surface area contributed by atoms with E-state index in [1.54, 1.807) is 26.2 Å². The number of ether oxygens (including phenoxy) is 1. The van der Waals surface area contributed by atoms with Crippen LogP contribution in [0.5, 0.6) is 5.75 Å². The standard InChI is InChI=1S/C12H16FNO2.C8H15N/c1-4-16-10-6-5-9(11(13)8-10)7-12(15)14(2)3;1-2-7(1)8-3-5-9-6-4-8/h5-6,8H,4,7H2,1-3H3;7-9H,1-6H2. The number of likely N-dealkylation sites (N-methyl/N-ethyl adjacent to an activating group) is 1. The molecule has 2 aliphatic rings. The Balaban J connectivity index is 0.000000208. The number of hydrogen-bond donors (Lipinski definition) is 1. The van der Waals surface area contributed by atoms with Crippen molar-refractivity contribution in [2.24, 2.45) is 11.8 Å². The molecular weight excluding hydrogens is 319 g/mol. The van der Waals surface area contributed by atoms with Gasteiger partial charge in [0.25, 0.3) is 0 Å². The fourth-order valence-corrected chi connectivity index (χ4v) is 3.13. The van der Waals surface area contributed by atoms with Gasteiger partial charge in [0.2, 0.25) is 5.91 Å². The maximum Gasteiger partial charge on any atom is 0.226 e. The Morgan fingerprint density at radius 1 is 1.20 bits per heavy atom. The second-order valence-corrected chi connectivity index (χ2v) is 7.08. The van der Waals surface area contributed by atoms with E-state index in [0.717, 1.165) is 11.8 Å². The fraction of sp³-hybridized carbons (Fsp3) is 0.650. The van der Waals surface area contributed by atoms with Crippen LogP contribution < -0.4 is 10.1 Å². The quantitative estimate of drug-likeness (QED) is 0.886. The minimum Gasteiger partial charge on any atom is -0.494 e. The maximum atomic E-state index is 13.5. The smallest absolute Gasteiger partial charge is 0.226 e. The van der Waals surface area contributed by atoms with E-state index >= 15 is 0 Å². The molecule has 1 heterocycles. The van der Waals surface area contributed by atoms with E-state index in [-0.39, 0.29) is 12.3 Å². The van der Waals surface area contributed by atoms with Crippen molar-refractivity contribution >= 4 is 5.91 Å². The lowest BCUT2D eigenvalue weighted by Crippen LogP contribution is -2.28. The summed E-state index contributed by atoms with van der Waals surface area (Å²) >= 11 is 0. The number of carbonyl (C=O) groups excluding carboxylic acids is 1. The summed E-state index contributed by atoms with van der Waals surface area (Å²) < 4.78 is 18.7. The van der Waals surface area contributed by atoms with E-state index in [2.05, 4.69) is 5.32 Å². The minimum absolute atomic E-state index is 0.0746. The zero-order valence-corrected chi connectivity index (χ0v) is 15.7. The summed E-state index contributed by atoms with van der Waals surface area (Å²) in [7, 11) is 3.30. The van der Waals surface area contributed by atoms with Crippen LogP contribution >= 0.6 is 0 Å². The maximum absolute atomic E-state index is 13.5. The third-order valence-electron chi connectivity index (χ3n) is 4.85. The molecule has 0 unspecified atom stereocenters. The second kappa shape index (κ2) is 9.76. The third-order valence-corrected chi connectivity index (χ3v) is 4.85. The van der Waals surface area contributed by atoms with Gasteiger partial charge in [0.15, 0.2) is 0 Å². The van der Waals surface area contributed by atoms with Crippen molar-refractivity contribution in [1.29, 1.82) is 0 Å². The van der Waals surface area contributed by atoms with Crippen LogP contribution in [0, 0.1) is 17.7 Å². The van der Waals surface area contributed by atoms with Crippen molar-refractivity contribution in [2.45, 2.75) is 39.0 Å². The molecule has 1 saturated heterocycles. The van der Waals surface area contributed by atoms with Crippen molar-refractivity contribution in [3.8, 4) is 5.75 Å². The summed E-state index contributed by atoms with van der Waals surface area (Å²) in [6.45, 7) is 4.89. The molecule has 1 saturated carbocycles. The van der Waals surface area contributed by atoms with Crippen LogP contribution in [-0.2, 0) is 11.2 Å². The topological polar surface area (TPSA) is 41.6 Å². The molecule has 140 valence electrons. The fourth-order valence-electron chi connectivity index (χ4n) is 3.13. The van der Waals surface area contributed by atoms with Crippen molar-refractivity contribution in [2.75, 3.05) is 33.8 Å². The Hall–Kier alpha value is -1.62. The van der Waals surface area contributed by atoms with Crippen LogP contribution in [-0.4, -0.2) is 44.6 Å². The molecule has 1 aromatic carbocycles. The molecule has 0 aromatic heterocycles. The molecule has 1 N–H and O–H groups in total. The van der Waals surface area contributed by atoms with Crippen molar-refractivity contribution in [3.63, 3.8) is 0 Å². The molecule has 3 rings (SSSR count). The lowest BCUT2D eigenvalue weighted by atomic mass is 9.93. The monoisotopic (exact) mass is 350 g/mol. The highest BCUT2D eigenvalue weighted by Crippen LogP contribution is 2.40. The number of carbonyl (C=O) groups is 1. The first kappa shape index (κ1) is 19.7. The third kappa shape index (κ3) is 6.65. The van der Waals surface area contributed by atoms with Crippen LogP contribution in [0.1, 0.15) is 38.2 Å². The van der Waals surface area contributed by atoms with Gasteiger partial charge in [0.05, 0.1) is 13.0 Å². The van der Waals surface area contributed by atoms with Gasteiger partial charge in [-0.25, -0.2) is 4.39 Å². The molecule has 4 nitrogen and oxygen atoms in total. The van der Waals surface area contributed by atoms with Gasteiger partial charge in [0, 0.05) is 20.2 Å². The molecule has 25 heavy (non-hydrogen) atoms. The summed E-state index contributed by atoms with van der Waals surface area (Å²) in [4.78, 5) is 12.8. The van der Waals surface area contributed by atoms with Crippen molar-refractivity contribution in [3.05, 3.63) is 29.6 Å². The van der Waals surface area contributed by atoms with E-state index in [9.17, 15) is 9.18 Å². The van der Waals surface area contributed by atoms with E-state index < -0.39 is 5.82 Å². The van der Waals surface area contributed by atoms with Gasteiger partial charge in [0.1, 0.15) is 11.6 Å². The zero-order chi connectivity index (χ0) is 18.2. The molecule has 0 radical (unpaired) electrons. The van der Waals surface area contributed by atoms with E-state index in [1.165, 1.54) is 49.7 Å². The van der Waals surface area contributed by atoms with Crippen molar-refractivity contribution in [1.82, 2.24) is 10.2 Å². The lowest BCUT2D eigenvalue weighted by molar-refractivity contribution is -0.128. The van der Waals surface area contributed by atoms with Crippen LogP contribution in [0.15, 0.2) is 18.2 Å². The molecule has 0 spiro atoms. The Bertz CT molecular complexity index is 553. The summed E-state index contributed by atoms with van der Waals surface area (Å²) in [5.74, 6) is 2.21. The SMILES string of the molecule is C1CC(C2CC2)CCN1.CCOc1ccc(CC(=O)N(C)C)c(F)c1. The molecular formula is C20H31FN2O2. The molecule has 0 atom stereocenters. The highest BCUT2D eigenvalue weighted by Gasteiger charge is 2.31. The van der Waals surface area contributed by atoms with Crippen LogP contribution in [0.4, 0.5) is 4.39 Å². The first-order valence-electron chi connectivity index (χ1n) is 9.33. The number of nitrogens with one attached hydrogen (secondary N) is 1. The number of hydrogen-bond acceptors (Lipinski definition) is 3. The van der Waals surface area contributed by atoms with Crippen LogP contribution in [0.2, 0.25) is 0 Å². The van der Waals surface area contributed by atoms with Gasteiger partial charge < -0.3 is 15.0 Å². The Morgan fingerprint density at radius 3 is 2.36 bits per heavy atom. The van der Waals surface area contributed by atoms with Gasteiger partial charge in [-0.05, 0) is 69.2 Å². The summed E-state index contributed by atoms with van der Waals surface area (Å²) in [6.07, 6.45) is 6.04. The lowest BCUT2D eigenvalue weighted by Gasteiger charge is -2.21. The van der Waals surface area contributed by atoms with Gasteiger partial charge in [-0.3, -0.25) is 4.79 Å². The molecule has 0 bridgehead atoms. The van der Waals surface area contributed by atoms with Crippen LogP contribution in [0.3, 0.4) is 0 Å². The molecule has 1 aliphatic heterocycles. The number of piperidine rings is 1. The normalized spacial score (nSPS) is 17.4. The number of nitrogens with zero attached hydrogens (tertiary/aromatic N) is 1. The van der Waals surface area contributed by atoms with Gasteiger partial charge in [-0.2, -0.15) is 0 Å². The summed E-state index contributed by atoms with van der Waals surface area (Å²) in [5.41, 5.74) is 0.391. The molecule has 1 aromatic rings. The minimum atomic E-state index is -0.402. The average Bonchev–Trinajstić information content (AvgIpc) is 3.44. The first-order valence-corrected chi connectivity index (χ1v) is 9.33. The Kier molecular flexibility index (Phi) is 7.69. The van der Waals surface area contributed by atoms with Gasteiger partial charge in [-0.15, -0.1) is 0 Å². The number of amides is 1. The predicted molar refractivity (Wildman–Crippen MR) is 98.3 cm³/mol. The highest BCUT2D eigenvalue weighted by atomic mass is 19.1. The molecule has 1 aliphatic carbocycles. The number of rotatable bonds is 5. The zero-order valence-electron chi connectivity index (χ0n) is 15.7. The Labute approximate surface area is 150 Å². The molecule has 2 fully saturated rings. The summed E-state index contributed by atoms with van der Waals surface area (Å²) in [5, 5.41) is 3.40. The number of halogens is 1. The van der Waals surface area contributed by atoms with Gasteiger partial charge in [-0.1, -0.05) is 6.07 Å². The first-order chi connectivity index (χ1) is 12.0. The molecule has 1 amide bonds.